The van der Waals surface area contributed by atoms with Gasteiger partial charge in [0.1, 0.15) is 23.1 Å². The minimum atomic E-state index is -0.838. The molecule has 0 aliphatic carbocycles. The molecule has 0 aromatic heterocycles. The van der Waals surface area contributed by atoms with E-state index in [0.717, 1.165) is 18.9 Å². The lowest BCUT2D eigenvalue weighted by Gasteiger charge is -2.23. The highest BCUT2D eigenvalue weighted by Gasteiger charge is 2.21. The number of halogens is 1. The summed E-state index contributed by atoms with van der Waals surface area (Å²) in [5.74, 6) is -1.65. The van der Waals surface area contributed by atoms with Crippen molar-refractivity contribution in [2.45, 2.75) is 32.0 Å². The van der Waals surface area contributed by atoms with E-state index in [0.29, 0.717) is 18.6 Å². The van der Waals surface area contributed by atoms with Gasteiger partial charge in [0.25, 0.3) is 0 Å². The fraction of sp³-hybridized carbons (Fsp3) is 0.316. The van der Waals surface area contributed by atoms with Gasteiger partial charge in [-0.15, -0.1) is 0 Å². The molecule has 2 aromatic carbocycles. The van der Waals surface area contributed by atoms with Crippen LogP contribution < -0.4 is 4.74 Å². The summed E-state index contributed by atoms with van der Waals surface area (Å²) in [7, 11) is 0. The second-order valence-corrected chi connectivity index (χ2v) is 5.98. The van der Waals surface area contributed by atoms with Crippen LogP contribution in [0.5, 0.6) is 17.2 Å². The minimum absolute atomic E-state index is 0.0802. The first-order valence-corrected chi connectivity index (χ1v) is 8.15. The van der Waals surface area contributed by atoms with Crippen LogP contribution in [0.3, 0.4) is 0 Å². The molecule has 1 fully saturated rings. The van der Waals surface area contributed by atoms with E-state index in [1.165, 1.54) is 18.2 Å². The lowest BCUT2D eigenvalue weighted by Crippen LogP contribution is -2.25. The molecule has 2 aromatic rings. The van der Waals surface area contributed by atoms with E-state index in [4.69, 9.17) is 9.47 Å². The van der Waals surface area contributed by atoms with Crippen LogP contribution >= 0.6 is 0 Å². The van der Waals surface area contributed by atoms with Crippen molar-refractivity contribution >= 4 is 5.78 Å². The highest BCUT2D eigenvalue weighted by molar-refractivity contribution is 6.00. The minimum Gasteiger partial charge on any atom is -0.508 e. The molecule has 1 aliphatic heterocycles. The molecule has 0 radical (unpaired) electrons. The van der Waals surface area contributed by atoms with Crippen LogP contribution in [0.1, 0.15) is 35.2 Å². The van der Waals surface area contributed by atoms with Crippen molar-refractivity contribution in [3.8, 4) is 17.2 Å². The number of rotatable bonds is 5. The Hall–Kier alpha value is -2.60. The Balaban J connectivity index is 1.74. The first kappa shape index (κ1) is 17.2. The molecule has 2 N–H and O–H groups in total. The van der Waals surface area contributed by atoms with Crippen LogP contribution in [0.25, 0.3) is 0 Å². The molecule has 3 rings (SSSR count). The fourth-order valence-corrected chi connectivity index (χ4v) is 2.76. The molecule has 1 heterocycles. The quantitative estimate of drug-likeness (QED) is 0.810. The van der Waals surface area contributed by atoms with Gasteiger partial charge in [0, 0.05) is 25.0 Å². The van der Waals surface area contributed by atoms with Crippen molar-refractivity contribution in [3.63, 3.8) is 0 Å². The Kier molecular flexibility index (Phi) is 5.19. The number of hydrogen-bond acceptors (Lipinski definition) is 5. The normalized spacial score (nSPS) is 17.2. The van der Waals surface area contributed by atoms with Gasteiger partial charge >= 0.3 is 0 Å². The topological polar surface area (TPSA) is 76.0 Å². The van der Waals surface area contributed by atoms with Crippen LogP contribution in [-0.4, -0.2) is 28.9 Å². The van der Waals surface area contributed by atoms with Gasteiger partial charge in [-0.1, -0.05) is 12.1 Å². The summed E-state index contributed by atoms with van der Waals surface area (Å²) in [6, 6.07) is 8.34. The molecule has 1 aliphatic rings. The molecule has 25 heavy (non-hydrogen) atoms. The summed E-state index contributed by atoms with van der Waals surface area (Å²) >= 11 is 0. The molecule has 0 bridgehead atoms. The Morgan fingerprint density at radius 3 is 2.60 bits per heavy atom. The average Bonchev–Trinajstić information content (AvgIpc) is 2.57. The van der Waals surface area contributed by atoms with Crippen molar-refractivity contribution in [2.24, 2.45) is 0 Å². The van der Waals surface area contributed by atoms with Gasteiger partial charge in [-0.3, -0.25) is 4.79 Å². The first-order valence-electron chi connectivity index (χ1n) is 8.15. The van der Waals surface area contributed by atoms with Crippen LogP contribution in [0.4, 0.5) is 4.39 Å². The third-order valence-electron chi connectivity index (χ3n) is 4.03. The second-order valence-electron chi connectivity index (χ2n) is 5.98. The SMILES string of the molecule is O=C(Cc1ccc(O)cc1)c1c(O)cc(OC2CCCCO2)cc1F. The fourth-order valence-electron chi connectivity index (χ4n) is 2.76. The van der Waals surface area contributed by atoms with Crippen molar-refractivity contribution in [1.29, 1.82) is 0 Å². The molecule has 1 unspecified atom stereocenters. The van der Waals surface area contributed by atoms with E-state index in [1.807, 2.05) is 0 Å². The van der Waals surface area contributed by atoms with Crippen molar-refractivity contribution < 1.29 is 28.9 Å². The zero-order chi connectivity index (χ0) is 17.8. The molecule has 1 atom stereocenters. The third kappa shape index (κ3) is 4.28. The van der Waals surface area contributed by atoms with Crippen LogP contribution in [0.15, 0.2) is 36.4 Å². The molecular formula is C19H19FO5. The number of carbonyl (C=O) groups excluding carboxylic acids is 1. The molecule has 0 saturated carbocycles. The van der Waals surface area contributed by atoms with Gasteiger partial charge in [-0.25, -0.2) is 4.39 Å². The van der Waals surface area contributed by atoms with Crippen molar-refractivity contribution in [1.82, 2.24) is 0 Å². The molecule has 1 saturated heterocycles. The number of ketones is 1. The summed E-state index contributed by atoms with van der Waals surface area (Å²) in [4.78, 5) is 12.3. The summed E-state index contributed by atoms with van der Waals surface area (Å²) in [5, 5.41) is 19.3. The van der Waals surface area contributed by atoms with Crippen molar-refractivity contribution in [3.05, 3.63) is 53.3 Å². The monoisotopic (exact) mass is 346 g/mol. The van der Waals surface area contributed by atoms with Crippen LogP contribution in [-0.2, 0) is 11.2 Å². The third-order valence-corrected chi connectivity index (χ3v) is 4.03. The smallest absolute Gasteiger partial charge is 0.199 e. The van der Waals surface area contributed by atoms with E-state index in [2.05, 4.69) is 0 Å². The zero-order valence-electron chi connectivity index (χ0n) is 13.6. The van der Waals surface area contributed by atoms with Gasteiger partial charge < -0.3 is 19.7 Å². The number of Topliss-reactive ketones (excluding diaryl/α,β-unsaturated/α-hetero) is 1. The lowest BCUT2D eigenvalue weighted by atomic mass is 10.0. The van der Waals surface area contributed by atoms with Gasteiger partial charge in [0.05, 0.1) is 12.2 Å². The Bertz CT molecular complexity index is 728. The van der Waals surface area contributed by atoms with E-state index < -0.39 is 23.6 Å². The van der Waals surface area contributed by atoms with E-state index in [9.17, 15) is 19.4 Å². The molecule has 5 nitrogen and oxygen atoms in total. The average molecular weight is 346 g/mol. The molecule has 0 spiro atoms. The number of carbonyl (C=O) groups is 1. The number of phenols is 2. The molecular weight excluding hydrogens is 327 g/mol. The second kappa shape index (κ2) is 7.53. The van der Waals surface area contributed by atoms with Crippen LogP contribution in [0.2, 0.25) is 0 Å². The number of benzene rings is 2. The van der Waals surface area contributed by atoms with Crippen LogP contribution in [0, 0.1) is 5.82 Å². The predicted molar refractivity (Wildman–Crippen MR) is 88.4 cm³/mol. The number of aromatic hydroxyl groups is 2. The number of ether oxygens (including phenoxy) is 2. The maximum atomic E-state index is 14.3. The van der Waals surface area contributed by atoms with Gasteiger partial charge in [0.15, 0.2) is 12.1 Å². The van der Waals surface area contributed by atoms with Gasteiger partial charge in [-0.05, 0) is 30.5 Å². The number of phenolic OH excluding ortho intramolecular Hbond substituents is 2. The standard InChI is InChI=1S/C19H19FO5/c20-15-10-14(25-18-3-1-2-8-24-18)11-17(23)19(15)16(22)9-12-4-6-13(21)7-5-12/h4-7,10-11,18,21,23H,1-3,8-9H2. The lowest BCUT2D eigenvalue weighted by molar-refractivity contribution is -0.106. The zero-order valence-corrected chi connectivity index (χ0v) is 13.6. The largest absolute Gasteiger partial charge is 0.508 e. The number of hydrogen-bond donors (Lipinski definition) is 2. The van der Waals surface area contributed by atoms with Gasteiger partial charge in [0.2, 0.25) is 0 Å². The maximum Gasteiger partial charge on any atom is 0.199 e. The Morgan fingerprint density at radius 1 is 1.20 bits per heavy atom. The summed E-state index contributed by atoms with van der Waals surface area (Å²) in [5.41, 5.74) is 0.238. The predicted octanol–water partition coefficient (Wildman–Crippen LogP) is 3.57. The molecule has 0 amide bonds. The molecule has 6 heteroatoms. The maximum absolute atomic E-state index is 14.3. The van der Waals surface area contributed by atoms with Crippen molar-refractivity contribution in [2.75, 3.05) is 6.61 Å². The van der Waals surface area contributed by atoms with E-state index in [-0.39, 0.29) is 23.5 Å². The Labute approximate surface area is 144 Å². The highest BCUT2D eigenvalue weighted by atomic mass is 19.1. The highest BCUT2D eigenvalue weighted by Crippen LogP contribution is 2.30. The van der Waals surface area contributed by atoms with E-state index >= 15 is 0 Å². The summed E-state index contributed by atoms with van der Waals surface area (Å²) in [6.07, 6.45) is 2.07. The summed E-state index contributed by atoms with van der Waals surface area (Å²) < 4.78 is 25.3. The van der Waals surface area contributed by atoms with Gasteiger partial charge in [-0.2, -0.15) is 0 Å². The summed E-state index contributed by atoms with van der Waals surface area (Å²) in [6.45, 7) is 0.586. The Morgan fingerprint density at radius 2 is 1.96 bits per heavy atom. The first-order chi connectivity index (χ1) is 12.0. The molecule has 132 valence electrons. The van der Waals surface area contributed by atoms with E-state index in [1.54, 1.807) is 12.1 Å².